The number of hydrogen-bond acceptors (Lipinski definition) is 3. The molecule has 0 aliphatic rings. The van der Waals surface area contributed by atoms with Crippen molar-refractivity contribution in [3.63, 3.8) is 0 Å². The van der Waals surface area contributed by atoms with E-state index >= 15 is 0 Å². The number of benzene rings is 1. The van der Waals surface area contributed by atoms with E-state index in [1.54, 1.807) is 0 Å². The summed E-state index contributed by atoms with van der Waals surface area (Å²) >= 11 is 6.16. The molecule has 0 saturated heterocycles. The first-order valence-electron chi connectivity index (χ1n) is 5.49. The van der Waals surface area contributed by atoms with Crippen molar-refractivity contribution in [3.8, 4) is 0 Å². The third-order valence-corrected chi connectivity index (χ3v) is 4.20. The molecule has 3 nitrogen and oxygen atoms in total. The zero-order chi connectivity index (χ0) is 13.1. The second-order valence-electron chi connectivity index (χ2n) is 4.36. The molecule has 1 aromatic rings. The van der Waals surface area contributed by atoms with Gasteiger partial charge in [-0.3, -0.25) is 0 Å². The molecule has 0 aliphatic carbocycles. The zero-order valence-corrected chi connectivity index (χ0v) is 11.7. The van der Waals surface area contributed by atoms with E-state index in [4.69, 9.17) is 17.3 Å². The summed E-state index contributed by atoms with van der Waals surface area (Å²) in [5.41, 5.74) is 7.89. The first kappa shape index (κ1) is 14.5. The van der Waals surface area contributed by atoms with Crippen LogP contribution in [0.25, 0.3) is 0 Å². The SMILES string of the molecule is Cc1cccc(C(N)CCCS(C)(=O)=O)c1Cl. The number of aryl methyl sites for hydroxylation is 1. The maximum Gasteiger partial charge on any atom is 0.147 e. The van der Waals surface area contributed by atoms with Gasteiger partial charge in [0.05, 0.1) is 0 Å². The summed E-state index contributed by atoms with van der Waals surface area (Å²) in [6, 6.07) is 5.52. The first-order valence-corrected chi connectivity index (χ1v) is 7.93. The fourth-order valence-corrected chi connectivity index (χ4v) is 2.63. The smallest absolute Gasteiger partial charge is 0.147 e. The lowest BCUT2D eigenvalue weighted by atomic mass is 10.0. The maximum atomic E-state index is 11.0. The minimum absolute atomic E-state index is 0.171. The Morgan fingerprint density at radius 1 is 1.41 bits per heavy atom. The lowest BCUT2D eigenvalue weighted by molar-refractivity contribution is 0.588. The van der Waals surface area contributed by atoms with Gasteiger partial charge in [-0.05, 0) is 30.9 Å². The van der Waals surface area contributed by atoms with Gasteiger partial charge in [0.1, 0.15) is 9.84 Å². The van der Waals surface area contributed by atoms with E-state index < -0.39 is 9.84 Å². The molecule has 0 radical (unpaired) electrons. The molecule has 0 spiro atoms. The third kappa shape index (κ3) is 4.66. The van der Waals surface area contributed by atoms with Crippen molar-refractivity contribution in [1.82, 2.24) is 0 Å². The van der Waals surface area contributed by atoms with Crippen molar-refractivity contribution < 1.29 is 8.42 Å². The highest BCUT2D eigenvalue weighted by atomic mass is 35.5. The van der Waals surface area contributed by atoms with Gasteiger partial charge in [0, 0.05) is 23.1 Å². The van der Waals surface area contributed by atoms with Gasteiger partial charge in [0.2, 0.25) is 0 Å². The van der Waals surface area contributed by atoms with Gasteiger partial charge in [-0.15, -0.1) is 0 Å². The van der Waals surface area contributed by atoms with Gasteiger partial charge in [-0.25, -0.2) is 8.42 Å². The van der Waals surface area contributed by atoms with Crippen LogP contribution in [0.2, 0.25) is 5.02 Å². The van der Waals surface area contributed by atoms with E-state index in [2.05, 4.69) is 0 Å². The average molecular weight is 276 g/mol. The minimum Gasteiger partial charge on any atom is -0.324 e. The predicted molar refractivity (Wildman–Crippen MR) is 72.1 cm³/mol. The van der Waals surface area contributed by atoms with E-state index in [0.717, 1.165) is 11.1 Å². The molecule has 1 atom stereocenters. The van der Waals surface area contributed by atoms with Gasteiger partial charge in [-0.2, -0.15) is 0 Å². The van der Waals surface area contributed by atoms with Gasteiger partial charge < -0.3 is 5.73 Å². The Labute approximate surface area is 108 Å². The molecule has 1 unspecified atom stereocenters. The van der Waals surface area contributed by atoms with E-state index in [0.29, 0.717) is 17.9 Å². The second kappa shape index (κ2) is 5.85. The van der Waals surface area contributed by atoms with Crippen LogP contribution < -0.4 is 5.73 Å². The monoisotopic (exact) mass is 275 g/mol. The van der Waals surface area contributed by atoms with Crippen LogP contribution >= 0.6 is 11.6 Å². The summed E-state index contributed by atoms with van der Waals surface area (Å²) in [7, 11) is -2.91. The fraction of sp³-hybridized carbons (Fsp3) is 0.500. The summed E-state index contributed by atoms with van der Waals surface area (Å²) in [5.74, 6) is 0.171. The van der Waals surface area contributed by atoms with Crippen LogP contribution in [0.1, 0.15) is 30.0 Å². The van der Waals surface area contributed by atoms with Gasteiger partial charge in [0.15, 0.2) is 0 Å². The number of hydrogen-bond donors (Lipinski definition) is 1. The van der Waals surface area contributed by atoms with Crippen molar-refractivity contribution in [2.24, 2.45) is 5.73 Å². The largest absolute Gasteiger partial charge is 0.324 e. The van der Waals surface area contributed by atoms with Gasteiger partial charge in [0.25, 0.3) is 0 Å². The van der Waals surface area contributed by atoms with E-state index in [-0.39, 0.29) is 11.8 Å². The molecule has 1 aromatic carbocycles. The lowest BCUT2D eigenvalue weighted by Crippen LogP contribution is -2.13. The van der Waals surface area contributed by atoms with Gasteiger partial charge in [-0.1, -0.05) is 29.8 Å². The highest BCUT2D eigenvalue weighted by molar-refractivity contribution is 7.90. The molecule has 17 heavy (non-hydrogen) atoms. The quantitative estimate of drug-likeness (QED) is 0.898. The highest BCUT2D eigenvalue weighted by Crippen LogP contribution is 2.27. The molecular weight excluding hydrogens is 258 g/mol. The molecule has 0 aliphatic heterocycles. The molecule has 0 bridgehead atoms. The topological polar surface area (TPSA) is 60.2 Å². The van der Waals surface area contributed by atoms with Crippen LogP contribution in [-0.4, -0.2) is 20.4 Å². The summed E-state index contributed by atoms with van der Waals surface area (Å²) in [6.07, 6.45) is 2.42. The highest BCUT2D eigenvalue weighted by Gasteiger charge is 2.12. The Balaban J connectivity index is 2.64. The van der Waals surface area contributed by atoms with Crippen LogP contribution in [0.15, 0.2) is 18.2 Å². The normalized spacial score (nSPS) is 13.6. The molecule has 1 rings (SSSR count). The summed E-state index contributed by atoms with van der Waals surface area (Å²) < 4.78 is 22.0. The molecule has 0 fully saturated rings. The van der Waals surface area contributed by atoms with Crippen LogP contribution in [0.4, 0.5) is 0 Å². The molecule has 5 heteroatoms. The van der Waals surface area contributed by atoms with Crippen molar-refractivity contribution in [3.05, 3.63) is 34.3 Å². The lowest BCUT2D eigenvalue weighted by Gasteiger charge is -2.14. The van der Waals surface area contributed by atoms with E-state index in [1.165, 1.54) is 6.26 Å². The van der Waals surface area contributed by atoms with Crippen LogP contribution in [0.3, 0.4) is 0 Å². The van der Waals surface area contributed by atoms with Crippen molar-refractivity contribution in [2.75, 3.05) is 12.0 Å². The molecule has 0 heterocycles. The van der Waals surface area contributed by atoms with Crippen molar-refractivity contribution >= 4 is 21.4 Å². The Bertz CT molecular complexity index is 485. The second-order valence-corrected chi connectivity index (χ2v) is 6.99. The summed E-state index contributed by atoms with van der Waals surface area (Å²) in [5, 5.41) is 0.680. The predicted octanol–water partition coefficient (Wildman–Crippen LogP) is 2.47. The van der Waals surface area contributed by atoms with Crippen LogP contribution in [0.5, 0.6) is 0 Å². The van der Waals surface area contributed by atoms with Crippen LogP contribution in [-0.2, 0) is 9.84 Å². The van der Waals surface area contributed by atoms with E-state index in [9.17, 15) is 8.42 Å². The summed E-state index contributed by atoms with van der Waals surface area (Å²) in [4.78, 5) is 0. The summed E-state index contributed by atoms with van der Waals surface area (Å²) in [6.45, 7) is 1.93. The number of nitrogens with two attached hydrogens (primary N) is 1. The van der Waals surface area contributed by atoms with Gasteiger partial charge >= 0.3 is 0 Å². The Morgan fingerprint density at radius 2 is 2.06 bits per heavy atom. The molecule has 0 amide bonds. The molecule has 2 N–H and O–H groups in total. The Hall–Kier alpha value is -0.580. The molecule has 0 aromatic heterocycles. The number of sulfone groups is 1. The molecular formula is C12H18ClNO2S. The standard InChI is InChI=1S/C12H18ClNO2S/c1-9-5-3-6-10(12(9)13)11(14)7-4-8-17(2,15)16/h3,5-6,11H,4,7-8,14H2,1-2H3. The minimum atomic E-state index is -2.91. The van der Waals surface area contributed by atoms with Crippen LogP contribution in [0, 0.1) is 6.92 Å². The first-order chi connectivity index (χ1) is 7.81. The molecule has 96 valence electrons. The third-order valence-electron chi connectivity index (χ3n) is 2.65. The Morgan fingerprint density at radius 3 is 2.65 bits per heavy atom. The van der Waals surface area contributed by atoms with Crippen molar-refractivity contribution in [1.29, 1.82) is 0 Å². The Kier molecular flexibility index (Phi) is 4.98. The maximum absolute atomic E-state index is 11.0. The zero-order valence-electron chi connectivity index (χ0n) is 10.1. The average Bonchev–Trinajstić information content (AvgIpc) is 2.20. The van der Waals surface area contributed by atoms with Crippen molar-refractivity contribution in [2.45, 2.75) is 25.8 Å². The van der Waals surface area contributed by atoms with E-state index in [1.807, 2.05) is 25.1 Å². The number of halogens is 1. The fourth-order valence-electron chi connectivity index (χ4n) is 1.68. The number of rotatable bonds is 5. The molecule has 0 saturated carbocycles.